The topological polar surface area (TPSA) is 72.1 Å². The van der Waals surface area contributed by atoms with E-state index in [9.17, 15) is 9.90 Å². The maximum atomic E-state index is 12.5. The molecule has 1 atom stereocenters. The molecule has 0 radical (unpaired) electrons. The normalized spacial score (nSPS) is 16.1. The zero-order valence-electron chi connectivity index (χ0n) is 15.5. The van der Waals surface area contributed by atoms with Crippen LogP contribution in [0.4, 0.5) is 0 Å². The van der Waals surface area contributed by atoms with Gasteiger partial charge in [-0.1, -0.05) is 11.6 Å². The predicted molar refractivity (Wildman–Crippen MR) is 108 cm³/mol. The summed E-state index contributed by atoms with van der Waals surface area (Å²) >= 11 is 6.36. The molecule has 2 aromatic rings. The molecule has 0 amide bonds. The monoisotopic (exact) mass is 417 g/mol. The summed E-state index contributed by atoms with van der Waals surface area (Å²) in [4.78, 5) is 14.8. The Morgan fingerprint density at radius 2 is 2.04 bits per heavy atom. The van der Waals surface area contributed by atoms with Crippen LogP contribution in [0.3, 0.4) is 0 Å². The van der Waals surface area contributed by atoms with Crippen molar-refractivity contribution in [3.8, 4) is 5.75 Å². The summed E-state index contributed by atoms with van der Waals surface area (Å²) < 4.78 is 16.4. The molecule has 1 N–H and O–H groups in total. The largest absolute Gasteiger partial charge is 0.489 e. The molecule has 0 spiro atoms. The van der Waals surface area contributed by atoms with Gasteiger partial charge in [-0.05, 0) is 38.0 Å². The molecule has 1 saturated heterocycles. The molecule has 150 valence electrons. The van der Waals surface area contributed by atoms with Crippen LogP contribution < -0.4 is 10.4 Å². The first-order valence-electron chi connectivity index (χ1n) is 8.83. The van der Waals surface area contributed by atoms with E-state index in [1.165, 1.54) is 0 Å². The zero-order valence-corrected chi connectivity index (χ0v) is 17.1. The third kappa shape index (κ3) is 5.15. The number of aryl methyl sites for hydroxylation is 1. The number of aliphatic hydroxyl groups is 1. The lowest BCUT2D eigenvalue weighted by Crippen LogP contribution is -2.38. The van der Waals surface area contributed by atoms with Crippen molar-refractivity contribution in [2.24, 2.45) is 0 Å². The minimum Gasteiger partial charge on any atom is -0.489 e. The fraction of sp³-hybridized carbons (Fsp3) is 0.526. The lowest BCUT2D eigenvalue weighted by molar-refractivity contribution is 0.0383. The summed E-state index contributed by atoms with van der Waals surface area (Å²) in [7, 11) is 0. The second-order valence-electron chi connectivity index (χ2n) is 6.61. The number of morpholine rings is 1. The summed E-state index contributed by atoms with van der Waals surface area (Å²) in [6, 6.07) is 3.58. The smallest absolute Gasteiger partial charge is 0.339 e. The van der Waals surface area contributed by atoms with Crippen molar-refractivity contribution in [3.05, 3.63) is 38.7 Å². The van der Waals surface area contributed by atoms with Gasteiger partial charge >= 0.3 is 5.63 Å². The summed E-state index contributed by atoms with van der Waals surface area (Å²) in [5, 5.41) is 10.4. The van der Waals surface area contributed by atoms with E-state index in [0.717, 1.165) is 43.8 Å². The van der Waals surface area contributed by atoms with Crippen LogP contribution in [-0.2, 0) is 11.2 Å². The molecular formula is C19H25Cl2NO5. The number of aliphatic hydroxyl groups excluding tert-OH is 1. The summed E-state index contributed by atoms with van der Waals surface area (Å²) in [6.07, 6.45) is 0.0141. The van der Waals surface area contributed by atoms with E-state index in [0.29, 0.717) is 23.3 Å². The molecule has 1 aliphatic heterocycles. The molecule has 0 aliphatic carbocycles. The van der Waals surface area contributed by atoms with E-state index in [1.807, 2.05) is 13.0 Å². The van der Waals surface area contributed by atoms with Gasteiger partial charge in [0.1, 0.15) is 17.4 Å². The van der Waals surface area contributed by atoms with E-state index in [2.05, 4.69) is 4.90 Å². The predicted octanol–water partition coefficient (Wildman–Crippen LogP) is 2.81. The van der Waals surface area contributed by atoms with Crippen molar-refractivity contribution in [3.63, 3.8) is 0 Å². The van der Waals surface area contributed by atoms with Gasteiger partial charge in [0.2, 0.25) is 0 Å². The van der Waals surface area contributed by atoms with Gasteiger partial charge in [-0.25, -0.2) is 4.79 Å². The molecule has 27 heavy (non-hydrogen) atoms. The Morgan fingerprint density at radius 1 is 1.33 bits per heavy atom. The highest BCUT2D eigenvalue weighted by Crippen LogP contribution is 2.34. The van der Waals surface area contributed by atoms with E-state index < -0.39 is 6.10 Å². The first-order valence-corrected chi connectivity index (χ1v) is 9.21. The molecule has 1 aliphatic rings. The number of benzene rings is 1. The number of rotatable bonds is 6. The minimum atomic E-state index is -0.613. The van der Waals surface area contributed by atoms with E-state index in [1.54, 1.807) is 13.0 Å². The van der Waals surface area contributed by atoms with Crippen molar-refractivity contribution in [1.82, 2.24) is 4.90 Å². The second-order valence-corrected chi connectivity index (χ2v) is 6.99. The van der Waals surface area contributed by atoms with Gasteiger partial charge in [0.05, 0.1) is 19.3 Å². The van der Waals surface area contributed by atoms with Crippen molar-refractivity contribution in [2.75, 3.05) is 39.5 Å². The van der Waals surface area contributed by atoms with Crippen LogP contribution in [0.5, 0.6) is 5.75 Å². The van der Waals surface area contributed by atoms with Crippen LogP contribution in [0.15, 0.2) is 21.3 Å². The van der Waals surface area contributed by atoms with E-state index in [-0.39, 0.29) is 29.7 Å². The molecule has 0 saturated carbocycles. The van der Waals surface area contributed by atoms with Crippen molar-refractivity contribution < 1.29 is 19.0 Å². The Kier molecular flexibility index (Phi) is 7.94. The van der Waals surface area contributed by atoms with Crippen LogP contribution >= 0.6 is 24.0 Å². The summed E-state index contributed by atoms with van der Waals surface area (Å²) in [5.74, 6) is 0.392. The highest BCUT2D eigenvalue weighted by atomic mass is 35.5. The molecule has 1 fully saturated rings. The maximum absolute atomic E-state index is 12.5. The summed E-state index contributed by atoms with van der Waals surface area (Å²) in [5.41, 5.74) is 1.52. The molecule has 3 rings (SSSR count). The Hall–Kier alpha value is -1.31. The molecule has 2 heterocycles. The van der Waals surface area contributed by atoms with Crippen LogP contribution in [0, 0.1) is 6.92 Å². The zero-order chi connectivity index (χ0) is 18.7. The van der Waals surface area contributed by atoms with Gasteiger partial charge in [0, 0.05) is 30.6 Å². The Morgan fingerprint density at radius 3 is 2.70 bits per heavy atom. The van der Waals surface area contributed by atoms with Gasteiger partial charge in [-0.15, -0.1) is 12.4 Å². The minimum absolute atomic E-state index is 0. The number of hydrogen-bond donors (Lipinski definition) is 1. The number of hydrogen-bond acceptors (Lipinski definition) is 6. The van der Waals surface area contributed by atoms with Crippen LogP contribution in [-0.4, -0.2) is 55.6 Å². The highest BCUT2D eigenvalue weighted by Gasteiger charge is 2.18. The Labute approximate surface area is 169 Å². The highest BCUT2D eigenvalue weighted by molar-refractivity contribution is 6.36. The Bertz CT molecular complexity index is 831. The van der Waals surface area contributed by atoms with Crippen LogP contribution in [0.2, 0.25) is 5.02 Å². The molecule has 1 aromatic carbocycles. The SMILES string of the molecule is Cc1c(CCN2CCOCC2)c(=O)oc2c(Cl)c(OCC(C)O)ccc12.Cl. The molecule has 8 heteroatoms. The first kappa shape index (κ1) is 22.0. The molecule has 1 aromatic heterocycles. The average molecular weight is 418 g/mol. The fourth-order valence-corrected chi connectivity index (χ4v) is 3.37. The van der Waals surface area contributed by atoms with Gasteiger partial charge in [0.25, 0.3) is 0 Å². The standard InChI is InChI=1S/C19H24ClNO5.ClH/c1-12(22)11-25-16-4-3-14-13(2)15(19(23)26-18(14)17(16)20)5-6-21-7-9-24-10-8-21;/h3-4,12,22H,5-11H2,1-2H3;1H. The maximum Gasteiger partial charge on any atom is 0.339 e. The number of halogens is 2. The van der Waals surface area contributed by atoms with Crippen LogP contribution in [0.1, 0.15) is 18.1 Å². The number of fused-ring (bicyclic) bond motifs is 1. The van der Waals surface area contributed by atoms with E-state index >= 15 is 0 Å². The van der Waals surface area contributed by atoms with Crippen molar-refractivity contribution >= 4 is 35.0 Å². The van der Waals surface area contributed by atoms with Gasteiger partial charge in [0.15, 0.2) is 5.58 Å². The first-order chi connectivity index (χ1) is 12.5. The third-order valence-electron chi connectivity index (χ3n) is 4.62. The van der Waals surface area contributed by atoms with Gasteiger partial charge < -0.3 is 19.0 Å². The average Bonchev–Trinajstić information content (AvgIpc) is 2.62. The number of ether oxygens (including phenoxy) is 2. The van der Waals surface area contributed by atoms with E-state index in [4.69, 9.17) is 25.5 Å². The van der Waals surface area contributed by atoms with Crippen molar-refractivity contribution in [1.29, 1.82) is 0 Å². The lowest BCUT2D eigenvalue weighted by Gasteiger charge is -2.26. The second kappa shape index (κ2) is 9.75. The van der Waals surface area contributed by atoms with Gasteiger partial charge in [-0.3, -0.25) is 4.90 Å². The fourth-order valence-electron chi connectivity index (χ4n) is 3.11. The van der Waals surface area contributed by atoms with Crippen molar-refractivity contribution in [2.45, 2.75) is 26.4 Å². The molecule has 1 unspecified atom stereocenters. The molecular weight excluding hydrogens is 393 g/mol. The molecule has 6 nitrogen and oxygen atoms in total. The lowest BCUT2D eigenvalue weighted by atomic mass is 10.0. The summed E-state index contributed by atoms with van der Waals surface area (Å²) in [6.45, 7) is 7.68. The third-order valence-corrected chi connectivity index (χ3v) is 4.98. The van der Waals surface area contributed by atoms with Crippen LogP contribution in [0.25, 0.3) is 11.0 Å². The van der Waals surface area contributed by atoms with Gasteiger partial charge in [-0.2, -0.15) is 0 Å². The quantitative estimate of drug-likeness (QED) is 0.728. The Balaban J connectivity index is 0.00000261. The number of nitrogens with zero attached hydrogens (tertiary/aromatic N) is 1. The molecule has 0 bridgehead atoms.